The molecule has 1 aromatic rings. The molecule has 0 fully saturated rings. The average Bonchev–Trinajstić information content (AvgIpc) is 2.13. The third-order valence-electron chi connectivity index (χ3n) is 2.02. The van der Waals surface area contributed by atoms with Gasteiger partial charge in [-0.1, -0.05) is 0 Å². The maximum Gasteiger partial charge on any atom is 0.102 e. The number of aromatic nitrogens is 1. The van der Waals surface area contributed by atoms with Crippen molar-refractivity contribution in [2.75, 3.05) is 14.1 Å². The smallest absolute Gasteiger partial charge is 0.102 e. The molecule has 15 heavy (non-hydrogen) atoms. The average molecular weight is 201 g/mol. The monoisotopic (exact) mass is 201 g/mol. The van der Waals surface area contributed by atoms with Crippen LogP contribution in [0.5, 0.6) is 0 Å². The molecule has 0 atom stereocenters. The molecule has 0 aromatic carbocycles. The lowest BCUT2D eigenvalue weighted by molar-refractivity contribution is 0.567. The van der Waals surface area contributed by atoms with E-state index in [9.17, 15) is 0 Å². The molecular weight excluding hydrogens is 186 g/mol. The SMILES string of the molecule is Cc1cc(/C=C/N(C)C)c(C#N)c(C)n1. The summed E-state index contributed by atoms with van der Waals surface area (Å²) >= 11 is 0. The van der Waals surface area contributed by atoms with Crippen molar-refractivity contribution >= 4 is 6.08 Å². The van der Waals surface area contributed by atoms with E-state index in [0.717, 1.165) is 17.0 Å². The first-order valence-electron chi connectivity index (χ1n) is 4.77. The highest BCUT2D eigenvalue weighted by molar-refractivity contribution is 5.59. The number of hydrogen-bond donors (Lipinski definition) is 0. The Hall–Kier alpha value is -1.82. The number of nitriles is 1. The fourth-order valence-corrected chi connectivity index (χ4v) is 1.37. The van der Waals surface area contributed by atoms with Crippen molar-refractivity contribution in [2.24, 2.45) is 0 Å². The zero-order chi connectivity index (χ0) is 11.4. The van der Waals surface area contributed by atoms with Crippen LogP contribution in [0, 0.1) is 25.2 Å². The van der Waals surface area contributed by atoms with Gasteiger partial charge < -0.3 is 4.90 Å². The molecule has 0 spiro atoms. The highest BCUT2D eigenvalue weighted by atomic mass is 15.0. The third-order valence-corrected chi connectivity index (χ3v) is 2.02. The van der Waals surface area contributed by atoms with Gasteiger partial charge in [0.25, 0.3) is 0 Å². The fraction of sp³-hybridized carbons (Fsp3) is 0.333. The van der Waals surface area contributed by atoms with Crippen LogP contribution in [0.4, 0.5) is 0 Å². The van der Waals surface area contributed by atoms with Gasteiger partial charge >= 0.3 is 0 Å². The summed E-state index contributed by atoms with van der Waals surface area (Å²) < 4.78 is 0. The Morgan fingerprint density at radius 3 is 2.60 bits per heavy atom. The number of hydrogen-bond acceptors (Lipinski definition) is 3. The normalized spacial score (nSPS) is 10.3. The quantitative estimate of drug-likeness (QED) is 0.735. The van der Waals surface area contributed by atoms with Crippen LogP contribution in [0.2, 0.25) is 0 Å². The molecule has 78 valence electrons. The van der Waals surface area contributed by atoms with Gasteiger partial charge in [-0.3, -0.25) is 4.98 Å². The summed E-state index contributed by atoms with van der Waals surface area (Å²) in [7, 11) is 3.90. The van der Waals surface area contributed by atoms with Crippen molar-refractivity contribution in [2.45, 2.75) is 13.8 Å². The van der Waals surface area contributed by atoms with Gasteiger partial charge in [-0.05, 0) is 37.8 Å². The lowest BCUT2D eigenvalue weighted by Gasteiger charge is -2.06. The van der Waals surface area contributed by atoms with E-state index in [1.54, 1.807) is 0 Å². The van der Waals surface area contributed by atoms with Crippen LogP contribution in [-0.2, 0) is 0 Å². The first-order chi connectivity index (χ1) is 7.04. The van der Waals surface area contributed by atoms with Crippen LogP contribution in [0.1, 0.15) is 22.5 Å². The van der Waals surface area contributed by atoms with Gasteiger partial charge in [0.2, 0.25) is 0 Å². The first kappa shape index (κ1) is 11.3. The molecule has 1 heterocycles. The molecule has 0 aliphatic rings. The van der Waals surface area contributed by atoms with Crippen molar-refractivity contribution in [1.82, 2.24) is 9.88 Å². The first-order valence-corrected chi connectivity index (χ1v) is 4.77. The summed E-state index contributed by atoms with van der Waals surface area (Å²) in [4.78, 5) is 6.20. The van der Waals surface area contributed by atoms with Gasteiger partial charge in [0.05, 0.1) is 11.3 Å². The molecule has 1 rings (SSSR count). The molecule has 0 saturated heterocycles. The van der Waals surface area contributed by atoms with E-state index in [2.05, 4.69) is 11.1 Å². The zero-order valence-corrected chi connectivity index (χ0v) is 9.57. The Labute approximate surface area is 90.7 Å². The molecular formula is C12H15N3. The Kier molecular flexibility index (Phi) is 3.46. The summed E-state index contributed by atoms with van der Waals surface area (Å²) in [6.07, 6.45) is 3.86. The second-order valence-corrected chi connectivity index (χ2v) is 3.70. The summed E-state index contributed by atoms with van der Waals surface area (Å²) in [6.45, 7) is 3.79. The van der Waals surface area contributed by atoms with E-state index < -0.39 is 0 Å². The minimum absolute atomic E-state index is 0.652. The highest BCUT2D eigenvalue weighted by Crippen LogP contribution is 2.14. The van der Waals surface area contributed by atoms with Gasteiger partial charge in [0.15, 0.2) is 0 Å². The molecule has 0 radical (unpaired) electrons. The van der Waals surface area contributed by atoms with E-state index in [-0.39, 0.29) is 0 Å². The lowest BCUT2D eigenvalue weighted by atomic mass is 10.1. The molecule has 0 unspecified atom stereocenters. The topological polar surface area (TPSA) is 39.9 Å². The molecule has 0 bridgehead atoms. The molecule has 0 aliphatic heterocycles. The van der Waals surface area contributed by atoms with E-state index in [1.165, 1.54) is 0 Å². The van der Waals surface area contributed by atoms with Crippen molar-refractivity contribution in [1.29, 1.82) is 5.26 Å². The second-order valence-electron chi connectivity index (χ2n) is 3.70. The minimum Gasteiger partial charge on any atom is -0.383 e. The Balaban J connectivity index is 3.22. The van der Waals surface area contributed by atoms with Gasteiger partial charge in [0, 0.05) is 19.8 Å². The predicted molar refractivity (Wildman–Crippen MR) is 61.1 cm³/mol. The van der Waals surface area contributed by atoms with Gasteiger partial charge in [-0.25, -0.2) is 0 Å². The lowest BCUT2D eigenvalue weighted by Crippen LogP contribution is -2.01. The van der Waals surface area contributed by atoms with Crippen molar-refractivity contribution in [3.63, 3.8) is 0 Å². The predicted octanol–water partition coefficient (Wildman–Crippen LogP) is 2.10. The second kappa shape index (κ2) is 4.61. The molecule has 0 N–H and O–H groups in total. The standard InChI is InChI=1S/C12H15N3/c1-9-7-11(5-6-15(3)4)12(8-13)10(2)14-9/h5-7H,1-4H3/b6-5+. The Morgan fingerprint density at radius 2 is 2.07 bits per heavy atom. The fourth-order valence-electron chi connectivity index (χ4n) is 1.37. The Morgan fingerprint density at radius 1 is 1.40 bits per heavy atom. The minimum atomic E-state index is 0.652. The summed E-state index contributed by atoms with van der Waals surface area (Å²) in [5.74, 6) is 0. The van der Waals surface area contributed by atoms with E-state index in [0.29, 0.717) is 5.56 Å². The number of nitrogens with zero attached hydrogens (tertiary/aromatic N) is 3. The van der Waals surface area contributed by atoms with E-state index in [4.69, 9.17) is 5.26 Å². The van der Waals surface area contributed by atoms with Crippen LogP contribution < -0.4 is 0 Å². The summed E-state index contributed by atoms with van der Waals surface area (Å²) in [5.41, 5.74) is 3.30. The maximum atomic E-state index is 9.02. The van der Waals surface area contributed by atoms with Crippen molar-refractivity contribution < 1.29 is 0 Å². The molecule has 1 aromatic heterocycles. The van der Waals surface area contributed by atoms with Crippen LogP contribution in [0.25, 0.3) is 6.08 Å². The van der Waals surface area contributed by atoms with Crippen molar-refractivity contribution in [3.05, 3.63) is 34.8 Å². The van der Waals surface area contributed by atoms with Crippen LogP contribution in [0.3, 0.4) is 0 Å². The molecule has 3 nitrogen and oxygen atoms in total. The molecule has 0 saturated carbocycles. The third kappa shape index (κ3) is 2.81. The van der Waals surface area contributed by atoms with Gasteiger partial charge in [-0.15, -0.1) is 0 Å². The summed E-state index contributed by atoms with van der Waals surface area (Å²) in [5, 5.41) is 9.02. The van der Waals surface area contributed by atoms with E-state index >= 15 is 0 Å². The highest BCUT2D eigenvalue weighted by Gasteiger charge is 2.04. The van der Waals surface area contributed by atoms with E-state index in [1.807, 2.05) is 51.2 Å². The molecule has 3 heteroatoms. The zero-order valence-electron chi connectivity index (χ0n) is 9.57. The summed E-state index contributed by atoms with van der Waals surface area (Å²) in [6, 6.07) is 4.10. The molecule has 0 aliphatic carbocycles. The maximum absolute atomic E-state index is 9.02. The van der Waals surface area contributed by atoms with Crippen molar-refractivity contribution in [3.8, 4) is 6.07 Å². The van der Waals surface area contributed by atoms with Gasteiger partial charge in [0.1, 0.15) is 6.07 Å². The van der Waals surface area contributed by atoms with Crippen LogP contribution >= 0.6 is 0 Å². The number of aryl methyl sites for hydroxylation is 2. The molecule has 0 amide bonds. The van der Waals surface area contributed by atoms with Crippen LogP contribution in [-0.4, -0.2) is 24.0 Å². The van der Waals surface area contributed by atoms with Gasteiger partial charge in [-0.2, -0.15) is 5.26 Å². The number of rotatable bonds is 2. The van der Waals surface area contributed by atoms with Crippen LogP contribution in [0.15, 0.2) is 12.3 Å². The largest absolute Gasteiger partial charge is 0.383 e. The Bertz CT molecular complexity index is 425. The number of pyridine rings is 1.